The Morgan fingerprint density at radius 1 is 1.26 bits per heavy atom. The minimum atomic E-state index is 0.422. The minimum Gasteiger partial charge on any atom is -0.423 e. The molecule has 3 rings (SSSR count). The van der Waals surface area contributed by atoms with E-state index in [0.29, 0.717) is 11.1 Å². The van der Waals surface area contributed by atoms with Gasteiger partial charge in [0.25, 0.3) is 6.01 Å². The van der Waals surface area contributed by atoms with E-state index in [1.807, 2.05) is 18.2 Å². The Bertz CT molecular complexity index is 588. The molecular formula is C15H21N3O. The van der Waals surface area contributed by atoms with Gasteiger partial charge >= 0.3 is 0 Å². The third-order valence-electron chi connectivity index (χ3n) is 4.01. The van der Waals surface area contributed by atoms with Gasteiger partial charge in [-0.25, -0.2) is 0 Å². The van der Waals surface area contributed by atoms with Crippen LogP contribution in [0.4, 0.5) is 11.7 Å². The summed E-state index contributed by atoms with van der Waals surface area (Å²) in [6.07, 6.45) is 3.62. The number of aromatic nitrogens is 1. The highest BCUT2D eigenvalue weighted by molar-refractivity contribution is 5.78. The maximum atomic E-state index is 5.85. The first-order chi connectivity index (χ1) is 9.03. The molecule has 0 atom stereocenters. The summed E-state index contributed by atoms with van der Waals surface area (Å²) in [6, 6.07) is 6.35. The summed E-state index contributed by atoms with van der Waals surface area (Å²) in [7, 11) is 0. The van der Waals surface area contributed by atoms with Crippen molar-refractivity contribution >= 4 is 22.8 Å². The maximum Gasteiger partial charge on any atom is 0.298 e. The molecule has 4 heteroatoms. The molecule has 4 nitrogen and oxygen atoms in total. The van der Waals surface area contributed by atoms with Gasteiger partial charge in [-0.1, -0.05) is 13.8 Å². The van der Waals surface area contributed by atoms with Gasteiger partial charge in [-0.05, 0) is 36.8 Å². The second-order valence-electron chi connectivity index (χ2n) is 6.23. The lowest BCUT2D eigenvalue weighted by Crippen LogP contribution is -2.25. The standard InChI is InChI=1S/C15H21N3O/c1-15(2)6-3-8-18(9-7-15)14-17-12-5-4-11(16)10-13(12)19-14/h4-5,10H,3,6-9,16H2,1-2H3. The number of nitrogens with two attached hydrogens (primary N) is 1. The molecule has 1 saturated heterocycles. The Kier molecular flexibility index (Phi) is 2.88. The summed E-state index contributed by atoms with van der Waals surface area (Å²) in [5, 5.41) is 0. The van der Waals surface area contributed by atoms with E-state index in [4.69, 9.17) is 10.2 Å². The number of rotatable bonds is 1. The molecule has 0 amide bonds. The van der Waals surface area contributed by atoms with Gasteiger partial charge in [0.05, 0.1) is 0 Å². The van der Waals surface area contributed by atoms with Crippen molar-refractivity contribution in [2.75, 3.05) is 23.7 Å². The average molecular weight is 259 g/mol. The first-order valence-corrected chi connectivity index (χ1v) is 6.95. The van der Waals surface area contributed by atoms with Crippen LogP contribution in [-0.4, -0.2) is 18.1 Å². The Hall–Kier alpha value is -1.71. The monoisotopic (exact) mass is 259 g/mol. The van der Waals surface area contributed by atoms with Crippen molar-refractivity contribution < 1.29 is 4.42 Å². The fraction of sp³-hybridized carbons (Fsp3) is 0.533. The molecule has 2 heterocycles. The average Bonchev–Trinajstić information content (AvgIpc) is 2.67. The molecule has 1 fully saturated rings. The molecule has 102 valence electrons. The summed E-state index contributed by atoms with van der Waals surface area (Å²) in [4.78, 5) is 6.83. The van der Waals surface area contributed by atoms with E-state index < -0.39 is 0 Å². The Morgan fingerprint density at radius 3 is 2.95 bits per heavy atom. The third kappa shape index (κ3) is 2.53. The molecular weight excluding hydrogens is 238 g/mol. The fourth-order valence-electron chi connectivity index (χ4n) is 2.68. The molecule has 0 radical (unpaired) electrons. The summed E-state index contributed by atoms with van der Waals surface area (Å²) in [5.41, 5.74) is 8.57. The highest BCUT2D eigenvalue weighted by Gasteiger charge is 2.25. The van der Waals surface area contributed by atoms with Gasteiger partial charge in [0.2, 0.25) is 0 Å². The van der Waals surface area contributed by atoms with Crippen molar-refractivity contribution in [3.8, 4) is 0 Å². The van der Waals surface area contributed by atoms with E-state index in [2.05, 4.69) is 23.7 Å². The van der Waals surface area contributed by atoms with Crippen LogP contribution in [0.5, 0.6) is 0 Å². The van der Waals surface area contributed by atoms with Gasteiger partial charge in [0, 0.05) is 24.8 Å². The fourth-order valence-corrected chi connectivity index (χ4v) is 2.68. The van der Waals surface area contributed by atoms with Crippen LogP contribution in [0.2, 0.25) is 0 Å². The zero-order chi connectivity index (χ0) is 13.5. The van der Waals surface area contributed by atoms with Crippen LogP contribution < -0.4 is 10.6 Å². The van der Waals surface area contributed by atoms with Crippen LogP contribution in [-0.2, 0) is 0 Å². The van der Waals surface area contributed by atoms with Gasteiger partial charge in [-0.2, -0.15) is 4.98 Å². The molecule has 1 aliphatic rings. The van der Waals surface area contributed by atoms with Crippen molar-refractivity contribution in [1.82, 2.24) is 4.98 Å². The summed E-state index contributed by atoms with van der Waals surface area (Å²) < 4.78 is 5.85. The van der Waals surface area contributed by atoms with Crippen LogP contribution in [0.3, 0.4) is 0 Å². The second kappa shape index (κ2) is 4.44. The van der Waals surface area contributed by atoms with Gasteiger partial charge in [-0.3, -0.25) is 0 Å². The highest BCUT2D eigenvalue weighted by Crippen LogP contribution is 2.32. The van der Waals surface area contributed by atoms with Crippen LogP contribution in [0.15, 0.2) is 22.6 Å². The highest BCUT2D eigenvalue weighted by atomic mass is 16.4. The first-order valence-electron chi connectivity index (χ1n) is 6.95. The molecule has 0 bridgehead atoms. The molecule has 1 aromatic carbocycles. The van der Waals surface area contributed by atoms with E-state index in [9.17, 15) is 0 Å². The van der Waals surface area contributed by atoms with Gasteiger partial charge in [0.1, 0.15) is 5.52 Å². The number of anilines is 2. The first kappa shape index (κ1) is 12.3. The molecule has 1 aliphatic heterocycles. The van der Waals surface area contributed by atoms with Crippen molar-refractivity contribution in [3.05, 3.63) is 18.2 Å². The second-order valence-corrected chi connectivity index (χ2v) is 6.23. The zero-order valence-electron chi connectivity index (χ0n) is 11.6. The van der Waals surface area contributed by atoms with Gasteiger partial charge in [-0.15, -0.1) is 0 Å². The van der Waals surface area contributed by atoms with Crippen molar-refractivity contribution in [1.29, 1.82) is 0 Å². The van der Waals surface area contributed by atoms with Gasteiger partial charge < -0.3 is 15.1 Å². The smallest absolute Gasteiger partial charge is 0.298 e. The maximum absolute atomic E-state index is 5.85. The molecule has 0 saturated carbocycles. The Morgan fingerprint density at radius 2 is 2.11 bits per heavy atom. The van der Waals surface area contributed by atoms with E-state index in [-0.39, 0.29) is 0 Å². The summed E-state index contributed by atoms with van der Waals surface area (Å²) in [5.74, 6) is 0. The molecule has 0 spiro atoms. The number of hydrogen-bond donors (Lipinski definition) is 1. The lowest BCUT2D eigenvalue weighted by Gasteiger charge is -2.22. The predicted octanol–water partition coefficient (Wildman–Crippen LogP) is 3.43. The number of hydrogen-bond acceptors (Lipinski definition) is 4. The van der Waals surface area contributed by atoms with Crippen LogP contribution in [0.25, 0.3) is 11.1 Å². The molecule has 0 aliphatic carbocycles. The third-order valence-corrected chi connectivity index (χ3v) is 4.01. The molecule has 2 N–H and O–H groups in total. The number of nitrogen functional groups attached to an aromatic ring is 1. The van der Waals surface area contributed by atoms with E-state index in [0.717, 1.165) is 30.2 Å². The van der Waals surface area contributed by atoms with E-state index in [1.54, 1.807) is 0 Å². The number of nitrogens with zero attached hydrogens (tertiary/aromatic N) is 2. The van der Waals surface area contributed by atoms with Gasteiger partial charge in [0.15, 0.2) is 5.58 Å². The SMILES string of the molecule is CC1(C)CCCN(c2nc3ccc(N)cc3o2)CC1. The number of oxazole rings is 1. The topological polar surface area (TPSA) is 55.3 Å². The Balaban J connectivity index is 1.87. The van der Waals surface area contributed by atoms with E-state index in [1.165, 1.54) is 19.3 Å². The molecule has 2 aromatic rings. The normalized spacial score (nSPS) is 19.6. The quantitative estimate of drug-likeness (QED) is 0.797. The molecule has 1 aromatic heterocycles. The van der Waals surface area contributed by atoms with Crippen LogP contribution >= 0.6 is 0 Å². The molecule has 19 heavy (non-hydrogen) atoms. The van der Waals surface area contributed by atoms with Crippen LogP contribution in [0, 0.1) is 5.41 Å². The van der Waals surface area contributed by atoms with Crippen LogP contribution in [0.1, 0.15) is 33.1 Å². The predicted molar refractivity (Wildman–Crippen MR) is 78.3 cm³/mol. The van der Waals surface area contributed by atoms with Crippen molar-refractivity contribution in [2.24, 2.45) is 5.41 Å². The lowest BCUT2D eigenvalue weighted by atomic mass is 9.85. The molecule has 0 unspecified atom stereocenters. The largest absolute Gasteiger partial charge is 0.423 e. The van der Waals surface area contributed by atoms with Crippen molar-refractivity contribution in [2.45, 2.75) is 33.1 Å². The number of fused-ring (bicyclic) bond motifs is 1. The minimum absolute atomic E-state index is 0.422. The lowest BCUT2D eigenvalue weighted by molar-refractivity contribution is 0.324. The number of benzene rings is 1. The summed E-state index contributed by atoms with van der Waals surface area (Å²) in [6.45, 7) is 6.70. The Labute approximate surface area is 113 Å². The van der Waals surface area contributed by atoms with E-state index >= 15 is 0 Å². The zero-order valence-corrected chi connectivity index (χ0v) is 11.6. The summed E-state index contributed by atoms with van der Waals surface area (Å²) >= 11 is 0. The van der Waals surface area contributed by atoms with Crippen molar-refractivity contribution in [3.63, 3.8) is 0 Å².